The Bertz CT molecular complexity index is 878. The number of anilines is 1. The molecule has 1 aromatic carbocycles. The van der Waals surface area contributed by atoms with Crippen LogP contribution in [0.5, 0.6) is 0 Å². The molecule has 2 heterocycles. The van der Waals surface area contributed by atoms with E-state index in [1.807, 2.05) is 13.8 Å². The molecule has 27 heavy (non-hydrogen) atoms. The second-order valence-corrected chi connectivity index (χ2v) is 6.88. The quantitative estimate of drug-likeness (QED) is 0.850. The summed E-state index contributed by atoms with van der Waals surface area (Å²) in [6.07, 6.45) is -2.99. The number of nitrogens with zero attached hydrogens (tertiary/aromatic N) is 3. The van der Waals surface area contributed by atoms with Crippen molar-refractivity contribution >= 4 is 28.6 Å². The fourth-order valence-corrected chi connectivity index (χ4v) is 3.28. The minimum atomic E-state index is -4.68. The van der Waals surface area contributed by atoms with Crippen molar-refractivity contribution in [2.75, 3.05) is 18.4 Å². The smallest absolute Gasteiger partial charge is 0.394 e. The topological polar surface area (TPSA) is 87.5 Å². The maximum absolute atomic E-state index is 13.1. The Balaban J connectivity index is 1.78. The predicted octanol–water partition coefficient (Wildman–Crippen LogP) is 3.34. The number of carbonyl (C=O) groups excluding carboxylic acids is 1. The van der Waals surface area contributed by atoms with E-state index in [9.17, 15) is 22.8 Å². The molecule has 1 fully saturated rings. The fraction of sp³-hybridized carbons (Fsp3) is 0.471. The van der Waals surface area contributed by atoms with Gasteiger partial charge in [0.1, 0.15) is 0 Å². The third-order valence-corrected chi connectivity index (χ3v) is 4.68. The van der Waals surface area contributed by atoms with Gasteiger partial charge in [0, 0.05) is 30.2 Å². The minimum Gasteiger partial charge on any atom is -0.481 e. The average molecular weight is 384 g/mol. The molecule has 1 aliphatic rings. The number of carboxylic acids is 1. The van der Waals surface area contributed by atoms with Gasteiger partial charge < -0.3 is 15.3 Å². The molecule has 0 spiro atoms. The highest BCUT2D eigenvalue weighted by molar-refractivity contribution is 5.93. The first-order chi connectivity index (χ1) is 12.6. The van der Waals surface area contributed by atoms with Gasteiger partial charge in [-0.15, -0.1) is 0 Å². The zero-order valence-corrected chi connectivity index (χ0v) is 14.7. The Hall–Kier alpha value is -2.78. The number of hydrogen-bond donors (Lipinski definition) is 2. The molecule has 0 unspecified atom stereocenters. The normalized spacial score (nSPS) is 20.4. The number of aliphatic carboxylic acids is 1. The van der Waals surface area contributed by atoms with Crippen LogP contribution in [0.15, 0.2) is 24.4 Å². The van der Waals surface area contributed by atoms with E-state index < -0.39 is 43.1 Å². The first-order valence-corrected chi connectivity index (χ1v) is 8.40. The summed E-state index contributed by atoms with van der Waals surface area (Å²) < 4.78 is 41.0. The molecular weight excluding hydrogens is 365 g/mol. The van der Waals surface area contributed by atoms with E-state index in [4.69, 9.17) is 5.11 Å². The van der Waals surface area contributed by atoms with Crippen LogP contribution in [0.3, 0.4) is 0 Å². The van der Waals surface area contributed by atoms with Gasteiger partial charge in [-0.25, -0.2) is 4.79 Å². The van der Waals surface area contributed by atoms with Crippen LogP contribution < -0.4 is 5.32 Å². The number of carbonyl (C=O) groups is 2. The van der Waals surface area contributed by atoms with Crippen molar-refractivity contribution in [2.45, 2.75) is 26.1 Å². The summed E-state index contributed by atoms with van der Waals surface area (Å²) in [6.45, 7) is 2.73. The number of carboxylic acid groups (broad SMARTS) is 1. The van der Waals surface area contributed by atoms with E-state index in [1.54, 1.807) is 29.1 Å². The van der Waals surface area contributed by atoms with Crippen LogP contribution in [0.1, 0.15) is 19.9 Å². The summed E-state index contributed by atoms with van der Waals surface area (Å²) in [5.74, 6) is -5.30. The summed E-state index contributed by atoms with van der Waals surface area (Å²) in [7, 11) is 0. The van der Waals surface area contributed by atoms with Crippen LogP contribution in [-0.2, 0) is 4.79 Å². The molecule has 2 aromatic rings. The van der Waals surface area contributed by atoms with Gasteiger partial charge in [-0.2, -0.15) is 18.3 Å². The summed E-state index contributed by atoms with van der Waals surface area (Å²) >= 11 is 0. The average Bonchev–Trinajstić information content (AvgIpc) is 3.18. The van der Waals surface area contributed by atoms with Gasteiger partial charge in [-0.3, -0.25) is 9.48 Å². The third-order valence-electron chi connectivity index (χ3n) is 4.68. The zero-order chi connectivity index (χ0) is 19.9. The number of amides is 2. The van der Waals surface area contributed by atoms with E-state index in [0.717, 1.165) is 15.8 Å². The number of urea groups is 1. The van der Waals surface area contributed by atoms with Crippen molar-refractivity contribution in [1.29, 1.82) is 0 Å². The molecule has 146 valence electrons. The number of rotatable bonds is 3. The van der Waals surface area contributed by atoms with Gasteiger partial charge in [0.25, 0.3) is 0 Å². The number of hydrogen-bond acceptors (Lipinski definition) is 3. The van der Waals surface area contributed by atoms with Gasteiger partial charge in [0.2, 0.25) is 0 Å². The van der Waals surface area contributed by atoms with Gasteiger partial charge in [-0.1, -0.05) is 0 Å². The number of alkyl halides is 3. The van der Waals surface area contributed by atoms with E-state index in [-0.39, 0.29) is 6.04 Å². The van der Waals surface area contributed by atoms with Crippen molar-refractivity contribution in [2.24, 2.45) is 11.8 Å². The Morgan fingerprint density at radius 3 is 2.56 bits per heavy atom. The Morgan fingerprint density at radius 1 is 1.30 bits per heavy atom. The fourth-order valence-electron chi connectivity index (χ4n) is 3.28. The van der Waals surface area contributed by atoms with E-state index in [0.29, 0.717) is 5.69 Å². The molecule has 0 bridgehead atoms. The van der Waals surface area contributed by atoms with E-state index in [1.165, 1.54) is 0 Å². The van der Waals surface area contributed by atoms with Gasteiger partial charge in [0.05, 0.1) is 23.5 Å². The summed E-state index contributed by atoms with van der Waals surface area (Å²) in [5.41, 5.74) is 1.18. The van der Waals surface area contributed by atoms with Crippen LogP contribution in [0, 0.1) is 11.8 Å². The lowest BCUT2D eigenvalue weighted by Crippen LogP contribution is -2.35. The van der Waals surface area contributed by atoms with E-state index >= 15 is 0 Å². The van der Waals surface area contributed by atoms with E-state index in [2.05, 4.69) is 10.4 Å². The first kappa shape index (κ1) is 19.0. The van der Waals surface area contributed by atoms with Gasteiger partial charge in [0.15, 0.2) is 0 Å². The van der Waals surface area contributed by atoms with Crippen molar-refractivity contribution in [1.82, 2.24) is 14.7 Å². The number of nitrogens with one attached hydrogen (secondary N) is 1. The molecule has 2 N–H and O–H groups in total. The van der Waals surface area contributed by atoms with Crippen molar-refractivity contribution in [3.05, 3.63) is 24.4 Å². The van der Waals surface area contributed by atoms with Gasteiger partial charge in [-0.05, 0) is 32.0 Å². The number of halogens is 3. The first-order valence-electron chi connectivity index (χ1n) is 8.40. The summed E-state index contributed by atoms with van der Waals surface area (Å²) in [4.78, 5) is 24.4. The van der Waals surface area contributed by atoms with Crippen molar-refractivity contribution < 1.29 is 27.9 Å². The molecule has 2 atom stereocenters. The highest BCUT2D eigenvalue weighted by atomic mass is 19.4. The number of benzene rings is 1. The second-order valence-electron chi connectivity index (χ2n) is 6.88. The Labute approximate surface area is 152 Å². The largest absolute Gasteiger partial charge is 0.481 e. The lowest BCUT2D eigenvalue weighted by molar-refractivity contribution is -0.187. The van der Waals surface area contributed by atoms with Crippen LogP contribution in [-0.4, -0.2) is 51.1 Å². The van der Waals surface area contributed by atoms with Gasteiger partial charge >= 0.3 is 18.2 Å². The molecule has 1 aliphatic heterocycles. The highest BCUT2D eigenvalue weighted by Gasteiger charge is 2.53. The standard InChI is InChI=1S/C17H19F3N4O3/c1-9(2)24-14-5-11(4-3-10(14)6-21-24)22-16(27)23-7-12(15(25)26)13(8-23)17(18,19)20/h3-6,9,12-13H,7-8H2,1-2H3,(H,22,27)(H,25,26)/t12-,13-/m1/s1. The number of aromatic nitrogens is 2. The number of likely N-dealkylation sites (tertiary alicyclic amines) is 1. The lowest BCUT2D eigenvalue weighted by Gasteiger charge is -2.19. The summed E-state index contributed by atoms with van der Waals surface area (Å²) in [6, 6.07) is 4.39. The second kappa shape index (κ2) is 6.75. The number of fused-ring (bicyclic) bond motifs is 1. The molecule has 3 rings (SSSR count). The molecular formula is C17H19F3N4O3. The monoisotopic (exact) mass is 384 g/mol. The van der Waals surface area contributed by atoms with Crippen LogP contribution >= 0.6 is 0 Å². The third kappa shape index (κ3) is 3.69. The van der Waals surface area contributed by atoms with Crippen LogP contribution in [0.4, 0.5) is 23.7 Å². The van der Waals surface area contributed by atoms with Crippen molar-refractivity contribution in [3.8, 4) is 0 Å². The highest BCUT2D eigenvalue weighted by Crippen LogP contribution is 2.38. The molecule has 10 heteroatoms. The lowest BCUT2D eigenvalue weighted by atomic mass is 9.96. The van der Waals surface area contributed by atoms with Crippen molar-refractivity contribution in [3.63, 3.8) is 0 Å². The molecule has 0 saturated carbocycles. The zero-order valence-electron chi connectivity index (χ0n) is 14.7. The molecule has 2 amide bonds. The Kier molecular flexibility index (Phi) is 4.75. The maximum Gasteiger partial charge on any atom is 0.394 e. The predicted molar refractivity (Wildman–Crippen MR) is 91.4 cm³/mol. The van der Waals surface area contributed by atoms with Crippen LogP contribution in [0.2, 0.25) is 0 Å². The molecule has 1 aromatic heterocycles. The molecule has 0 radical (unpaired) electrons. The maximum atomic E-state index is 13.1. The van der Waals surface area contributed by atoms with Crippen LogP contribution in [0.25, 0.3) is 10.9 Å². The molecule has 7 nitrogen and oxygen atoms in total. The summed E-state index contributed by atoms with van der Waals surface area (Å²) in [5, 5.41) is 16.7. The molecule has 0 aliphatic carbocycles. The molecule has 1 saturated heterocycles. The minimum absolute atomic E-state index is 0.0934. The Morgan fingerprint density at radius 2 is 2.00 bits per heavy atom. The SMILES string of the molecule is CC(C)n1ncc2ccc(NC(=O)N3C[C@@H](C(F)(F)F)[C@H](C(=O)O)C3)cc21.